The topological polar surface area (TPSA) is 75.7 Å². The van der Waals surface area contributed by atoms with Crippen molar-refractivity contribution in [3.63, 3.8) is 0 Å². The van der Waals surface area contributed by atoms with E-state index >= 15 is 0 Å². The molecule has 3 unspecified atom stereocenters. The summed E-state index contributed by atoms with van der Waals surface area (Å²) in [6.45, 7) is 3.58. The zero-order chi connectivity index (χ0) is 16.2. The number of hydrogen-bond donors (Lipinski definition) is 1. The van der Waals surface area contributed by atoms with Gasteiger partial charge in [0.25, 0.3) is 0 Å². The predicted molar refractivity (Wildman–Crippen MR) is 85.0 cm³/mol. The smallest absolute Gasteiger partial charge is 0.238 e. The van der Waals surface area contributed by atoms with E-state index in [-0.39, 0.29) is 5.91 Å². The van der Waals surface area contributed by atoms with Crippen LogP contribution in [0.1, 0.15) is 45.4 Å². The third kappa shape index (κ3) is 4.67. The van der Waals surface area contributed by atoms with Gasteiger partial charge in [-0.1, -0.05) is 19.8 Å². The second-order valence-electron chi connectivity index (χ2n) is 6.49. The Bertz CT molecular complexity index is 480. The Labute approximate surface area is 133 Å². The van der Waals surface area contributed by atoms with Crippen molar-refractivity contribution >= 4 is 15.9 Å². The van der Waals surface area contributed by atoms with Crippen LogP contribution in [0.3, 0.4) is 0 Å². The largest absolute Gasteiger partial charge is 0.376 e. The molecule has 1 heterocycles. The van der Waals surface area contributed by atoms with Crippen LogP contribution in [0.2, 0.25) is 0 Å². The van der Waals surface area contributed by atoms with Crippen LogP contribution in [-0.4, -0.2) is 56.7 Å². The van der Waals surface area contributed by atoms with Crippen LogP contribution in [0.15, 0.2) is 0 Å². The molecule has 3 atom stereocenters. The molecule has 0 aromatic heterocycles. The Morgan fingerprint density at radius 2 is 1.95 bits per heavy atom. The van der Waals surface area contributed by atoms with Crippen LogP contribution >= 0.6 is 0 Å². The molecule has 2 fully saturated rings. The van der Waals surface area contributed by atoms with E-state index in [9.17, 15) is 13.2 Å². The first-order valence-electron chi connectivity index (χ1n) is 8.25. The fourth-order valence-electron chi connectivity index (χ4n) is 3.43. The molecule has 1 aliphatic carbocycles. The normalized spacial score (nSPS) is 30.4. The van der Waals surface area contributed by atoms with Gasteiger partial charge in [0.1, 0.15) is 6.04 Å². The minimum Gasteiger partial charge on any atom is -0.376 e. The summed E-state index contributed by atoms with van der Waals surface area (Å²) in [5.74, 6) is 0.378. The van der Waals surface area contributed by atoms with Gasteiger partial charge in [-0.05, 0) is 31.6 Å². The van der Waals surface area contributed by atoms with Crippen molar-refractivity contribution in [1.29, 1.82) is 0 Å². The SMILES string of the molecule is CC1CCCCC1OCCNC(=O)C1CCCN1S(C)(=O)=O. The van der Waals surface area contributed by atoms with Crippen LogP contribution < -0.4 is 5.32 Å². The minimum atomic E-state index is -3.31. The van der Waals surface area contributed by atoms with Gasteiger partial charge in [0.05, 0.1) is 19.0 Å². The van der Waals surface area contributed by atoms with Crippen LogP contribution in [0.25, 0.3) is 0 Å². The van der Waals surface area contributed by atoms with Crippen molar-refractivity contribution in [3.05, 3.63) is 0 Å². The van der Waals surface area contributed by atoms with Gasteiger partial charge in [0, 0.05) is 13.1 Å². The van der Waals surface area contributed by atoms with Crippen molar-refractivity contribution in [2.24, 2.45) is 5.92 Å². The van der Waals surface area contributed by atoms with Crippen LogP contribution in [0.4, 0.5) is 0 Å². The Kier molecular flexibility index (Phi) is 6.23. The summed E-state index contributed by atoms with van der Waals surface area (Å²) in [6.07, 6.45) is 7.59. The highest BCUT2D eigenvalue weighted by atomic mass is 32.2. The summed E-state index contributed by atoms with van der Waals surface area (Å²) >= 11 is 0. The Balaban J connectivity index is 1.71. The lowest BCUT2D eigenvalue weighted by Gasteiger charge is -2.29. The maximum atomic E-state index is 12.1. The zero-order valence-corrected chi connectivity index (χ0v) is 14.4. The van der Waals surface area contributed by atoms with Crippen molar-refractivity contribution in [1.82, 2.24) is 9.62 Å². The molecule has 2 aliphatic rings. The maximum Gasteiger partial charge on any atom is 0.238 e. The number of carbonyl (C=O) groups excluding carboxylic acids is 1. The van der Waals surface area contributed by atoms with Crippen LogP contribution in [-0.2, 0) is 19.6 Å². The monoisotopic (exact) mass is 332 g/mol. The summed E-state index contributed by atoms with van der Waals surface area (Å²) in [4.78, 5) is 12.1. The standard InChI is InChI=1S/C15H28N2O4S/c1-12-6-3-4-8-14(12)21-11-9-16-15(18)13-7-5-10-17(13)22(2,19)20/h12-14H,3-11H2,1-2H3,(H,16,18). The summed E-state index contributed by atoms with van der Waals surface area (Å²) in [6, 6.07) is -0.552. The molecule has 0 aromatic rings. The number of carbonyl (C=O) groups is 1. The number of sulfonamides is 1. The van der Waals surface area contributed by atoms with E-state index in [1.165, 1.54) is 23.6 Å². The summed E-state index contributed by atoms with van der Waals surface area (Å²) < 4.78 is 30.4. The van der Waals surface area contributed by atoms with Crippen LogP contribution in [0, 0.1) is 5.92 Å². The van der Waals surface area contributed by atoms with Crippen molar-refractivity contribution < 1.29 is 17.9 Å². The first-order valence-corrected chi connectivity index (χ1v) is 10.1. The first-order chi connectivity index (χ1) is 10.4. The molecule has 1 aliphatic heterocycles. The average molecular weight is 332 g/mol. The molecule has 6 nitrogen and oxygen atoms in total. The highest BCUT2D eigenvalue weighted by Crippen LogP contribution is 2.26. The number of nitrogens with zero attached hydrogens (tertiary/aromatic N) is 1. The van der Waals surface area contributed by atoms with Crippen molar-refractivity contribution in [3.8, 4) is 0 Å². The van der Waals surface area contributed by atoms with E-state index in [0.29, 0.717) is 38.1 Å². The minimum absolute atomic E-state index is 0.205. The molecule has 7 heteroatoms. The van der Waals surface area contributed by atoms with Gasteiger partial charge in [-0.25, -0.2) is 8.42 Å². The first kappa shape index (κ1) is 17.7. The average Bonchev–Trinajstić information content (AvgIpc) is 2.94. The van der Waals surface area contributed by atoms with Crippen molar-refractivity contribution in [2.75, 3.05) is 26.0 Å². The molecular formula is C15H28N2O4S. The van der Waals surface area contributed by atoms with E-state index in [0.717, 1.165) is 19.1 Å². The molecule has 128 valence electrons. The second-order valence-corrected chi connectivity index (χ2v) is 8.43. The molecular weight excluding hydrogens is 304 g/mol. The summed E-state index contributed by atoms with van der Waals surface area (Å²) in [5, 5.41) is 2.81. The lowest BCUT2D eigenvalue weighted by atomic mass is 9.88. The molecule has 0 radical (unpaired) electrons. The van der Waals surface area contributed by atoms with E-state index in [1.54, 1.807) is 0 Å². The Hall–Kier alpha value is -0.660. The van der Waals surface area contributed by atoms with Gasteiger partial charge in [-0.3, -0.25) is 4.79 Å². The molecule has 0 aromatic carbocycles. The summed E-state index contributed by atoms with van der Waals surface area (Å²) in [7, 11) is -3.31. The van der Waals surface area contributed by atoms with E-state index in [2.05, 4.69) is 12.2 Å². The molecule has 1 saturated carbocycles. The second kappa shape index (κ2) is 7.75. The number of nitrogens with one attached hydrogen (secondary N) is 1. The predicted octanol–water partition coefficient (Wildman–Crippen LogP) is 1.12. The third-order valence-electron chi connectivity index (χ3n) is 4.70. The van der Waals surface area contributed by atoms with Gasteiger partial charge in [-0.15, -0.1) is 0 Å². The number of hydrogen-bond acceptors (Lipinski definition) is 4. The van der Waals surface area contributed by atoms with Crippen LogP contribution in [0.5, 0.6) is 0 Å². The highest BCUT2D eigenvalue weighted by molar-refractivity contribution is 7.88. The maximum absolute atomic E-state index is 12.1. The Morgan fingerprint density at radius 1 is 1.23 bits per heavy atom. The van der Waals surface area contributed by atoms with E-state index < -0.39 is 16.1 Å². The number of ether oxygens (including phenoxy) is 1. The molecule has 1 amide bonds. The van der Waals surface area contributed by atoms with Gasteiger partial charge in [0.15, 0.2) is 0 Å². The molecule has 1 saturated heterocycles. The highest BCUT2D eigenvalue weighted by Gasteiger charge is 2.36. The van der Waals surface area contributed by atoms with Gasteiger partial charge < -0.3 is 10.1 Å². The van der Waals surface area contributed by atoms with E-state index in [4.69, 9.17) is 4.74 Å². The number of amides is 1. The van der Waals surface area contributed by atoms with Gasteiger partial charge in [-0.2, -0.15) is 4.31 Å². The molecule has 0 bridgehead atoms. The van der Waals surface area contributed by atoms with E-state index in [1.807, 2.05) is 0 Å². The molecule has 1 N–H and O–H groups in total. The quantitative estimate of drug-likeness (QED) is 0.740. The number of rotatable bonds is 6. The zero-order valence-electron chi connectivity index (χ0n) is 13.6. The summed E-state index contributed by atoms with van der Waals surface area (Å²) in [5.41, 5.74) is 0. The third-order valence-corrected chi connectivity index (χ3v) is 5.99. The fraction of sp³-hybridized carbons (Fsp3) is 0.933. The van der Waals surface area contributed by atoms with Crippen molar-refractivity contribution in [2.45, 2.75) is 57.6 Å². The fourth-order valence-corrected chi connectivity index (χ4v) is 4.56. The molecule has 22 heavy (non-hydrogen) atoms. The van der Waals surface area contributed by atoms with Gasteiger partial charge >= 0.3 is 0 Å². The lowest BCUT2D eigenvalue weighted by Crippen LogP contribution is -2.46. The van der Waals surface area contributed by atoms with Gasteiger partial charge in [0.2, 0.25) is 15.9 Å². The molecule has 0 spiro atoms. The lowest BCUT2D eigenvalue weighted by molar-refractivity contribution is -0.124. The Morgan fingerprint density at radius 3 is 2.64 bits per heavy atom. The molecule has 2 rings (SSSR count).